The number of esters is 1. The topological polar surface area (TPSA) is 68.3 Å². The molecule has 0 unspecified atom stereocenters. The smallest absolute Gasteiger partial charge is 0.341 e. The highest BCUT2D eigenvalue weighted by Crippen LogP contribution is 2.37. The van der Waals surface area contributed by atoms with Crippen molar-refractivity contribution in [1.82, 2.24) is 4.98 Å². The zero-order chi connectivity index (χ0) is 22.8. The number of para-hydroxylation sites is 1. The van der Waals surface area contributed by atoms with Gasteiger partial charge in [-0.1, -0.05) is 66.7 Å². The van der Waals surface area contributed by atoms with E-state index in [1.807, 2.05) is 78.9 Å². The van der Waals surface area contributed by atoms with Crippen molar-refractivity contribution in [3.8, 4) is 11.3 Å². The third-order valence-electron chi connectivity index (χ3n) is 5.33. The summed E-state index contributed by atoms with van der Waals surface area (Å²) in [7, 11) is 0. The van der Waals surface area contributed by atoms with Gasteiger partial charge in [-0.15, -0.1) is 11.3 Å². The number of amides is 1. The number of carbonyl (C=O) groups is 2. The molecule has 1 N–H and O–H groups in total. The lowest BCUT2D eigenvalue weighted by Gasteiger charge is -2.11. The van der Waals surface area contributed by atoms with E-state index in [9.17, 15) is 9.59 Å². The fraction of sp³-hybridized carbons (Fsp3) is 0.0741. The van der Waals surface area contributed by atoms with E-state index < -0.39 is 5.97 Å². The molecule has 0 aliphatic rings. The molecule has 33 heavy (non-hydrogen) atoms. The normalized spacial score (nSPS) is 10.9. The van der Waals surface area contributed by atoms with E-state index in [1.54, 1.807) is 13.0 Å². The standard InChI is InChI=1S/C27H20N2O3S/c1-2-32-27(31)24-19-13-7-9-15-23(19)33-26(24)29-25(30)20-16-22(17-10-4-3-5-11-17)28-21-14-8-6-12-18(20)21/h3-16H,2H2,1H3,(H,29,30). The van der Waals surface area contributed by atoms with E-state index in [1.165, 1.54) is 11.3 Å². The highest BCUT2D eigenvalue weighted by molar-refractivity contribution is 7.23. The van der Waals surface area contributed by atoms with Crippen LogP contribution in [0, 0.1) is 0 Å². The second kappa shape index (κ2) is 8.84. The molecule has 0 fully saturated rings. The number of nitrogens with zero attached hydrogens (tertiary/aromatic N) is 1. The quantitative estimate of drug-likeness (QED) is 0.307. The van der Waals surface area contributed by atoms with Crippen LogP contribution in [-0.2, 0) is 4.74 Å². The molecule has 3 aromatic carbocycles. The predicted octanol–water partition coefficient (Wildman–Crippen LogP) is 6.55. The summed E-state index contributed by atoms with van der Waals surface area (Å²) in [6.45, 7) is 2.02. The van der Waals surface area contributed by atoms with Gasteiger partial charge in [0, 0.05) is 21.0 Å². The second-order valence-corrected chi connectivity index (χ2v) is 8.47. The first-order valence-corrected chi connectivity index (χ1v) is 11.4. The third kappa shape index (κ3) is 3.97. The largest absolute Gasteiger partial charge is 0.462 e. The summed E-state index contributed by atoms with van der Waals surface area (Å²) in [6.07, 6.45) is 0. The summed E-state index contributed by atoms with van der Waals surface area (Å²) in [5.41, 5.74) is 3.23. The first-order valence-electron chi connectivity index (χ1n) is 10.6. The Kier molecular flexibility index (Phi) is 5.59. The van der Waals surface area contributed by atoms with Crippen LogP contribution in [0.15, 0.2) is 84.9 Å². The third-order valence-corrected chi connectivity index (χ3v) is 6.42. The number of aromatic nitrogens is 1. The monoisotopic (exact) mass is 452 g/mol. The first-order chi connectivity index (χ1) is 16.2. The highest BCUT2D eigenvalue weighted by atomic mass is 32.1. The van der Waals surface area contributed by atoms with E-state index in [0.29, 0.717) is 21.8 Å². The molecule has 5 aromatic rings. The van der Waals surface area contributed by atoms with E-state index in [2.05, 4.69) is 5.32 Å². The Morgan fingerprint density at radius 2 is 1.61 bits per heavy atom. The molecule has 6 heteroatoms. The zero-order valence-electron chi connectivity index (χ0n) is 17.9. The Morgan fingerprint density at radius 3 is 2.39 bits per heavy atom. The number of ether oxygens (including phenoxy) is 1. The maximum absolute atomic E-state index is 13.5. The van der Waals surface area contributed by atoms with Crippen molar-refractivity contribution in [3.63, 3.8) is 0 Å². The van der Waals surface area contributed by atoms with E-state index in [4.69, 9.17) is 9.72 Å². The number of rotatable bonds is 5. The van der Waals surface area contributed by atoms with Crippen molar-refractivity contribution >= 4 is 49.2 Å². The number of pyridine rings is 1. The van der Waals surface area contributed by atoms with Crippen molar-refractivity contribution < 1.29 is 14.3 Å². The molecule has 0 aliphatic heterocycles. The van der Waals surface area contributed by atoms with Gasteiger partial charge in [-0.25, -0.2) is 9.78 Å². The summed E-state index contributed by atoms with van der Waals surface area (Å²) in [6, 6.07) is 26.6. The van der Waals surface area contributed by atoms with Crippen LogP contribution < -0.4 is 5.32 Å². The lowest BCUT2D eigenvalue weighted by Crippen LogP contribution is -2.15. The van der Waals surface area contributed by atoms with E-state index in [-0.39, 0.29) is 12.5 Å². The number of hydrogen-bond donors (Lipinski definition) is 1. The van der Waals surface area contributed by atoms with Gasteiger partial charge in [-0.05, 0) is 25.1 Å². The van der Waals surface area contributed by atoms with Crippen LogP contribution in [0.5, 0.6) is 0 Å². The summed E-state index contributed by atoms with van der Waals surface area (Å²) < 4.78 is 6.18. The molecular weight excluding hydrogens is 432 g/mol. The number of thiophene rings is 1. The Bertz CT molecular complexity index is 1490. The van der Waals surface area contributed by atoms with Gasteiger partial charge in [-0.2, -0.15) is 0 Å². The molecule has 2 heterocycles. The average molecular weight is 453 g/mol. The second-order valence-electron chi connectivity index (χ2n) is 7.42. The molecule has 0 radical (unpaired) electrons. The van der Waals surface area contributed by atoms with Crippen molar-refractivity contribution in [2.45, 2.75) is 6.92 Å². The molecule has 5 nitrogen and oxygen atoms in total. The Labute approximate surface area is 194 Å². The van der Waals surface area contributed by atoms with Crippen molar-refractivity contribution in [1.29, 1.82) is 0 Å². The van der Waals surface area contributed by atoms with Crippen molar-refractivity contribution in [2.24, 2.45) is 0 Å². The van der Waals surface area contributed by atoms with E-state index >= 15 is 0 Å². The summed E-state index contributed by atoms with van der Waals surface area (Å²) in [5, 5.41) is 4.96. The molecular formula is C27H20N2O3S. The summed E-state index contributed by atoms with van der Waals surface area (Å²) in [4.78, 5) is 31.0. The van der Waals surface area contributed by atoms with Crippen molar-refractivity contribution in [2.75, 3.05) is 11.9 Å². The summed E-state index contributed by atoms with van der Waals surface area (Å²) in [5.74, 6) is -0.752. The van der Waals surface area contributed by atoms with Gasteiger partial charge in [0.2, 0.25) is 0 Å². The molecule has 0 saturated heterocycles. The number of anilines is 1. The van der Waals surface area contributed by atoms with Gasteiger partial charge < -0.3 is 10.1 Å². The van der Waals surface area contributed by atoms with E-state index in [0.717, 1.165) is 26.6 Å². The van der Waals surface area contributed by atoms with Crippen LogP contribution in [-0.4, -0.2) is 23.5 Å². The fourth-order valence-corrected chi connectivity index (χ4v) is 4.92. The molecule has 0 saturated carbocycles. The minimum Gasteiger partial charge on any atom is -0.462 e. The molecule has 162 valence electrons. The molecule has 0 bridgehead atoms. The Balaban J connectivity index is 1.61. The van der Waals surface area contributed by atoms with Crippen LogP contribution >= 0.6 is 11.3 Å². The fourth-order valence-electron chi connectivity index (χ4n) is 3.83. The molecule has 0 spiro atoms. The molecule has 2 aromatic heterocycles. The van der Waals surface area contributed by atoms with Crippen molar-refractivity contribution in [3.05, 3.63) is 96.1 Å². The van der Waals surface area contributed by atoms with Gasteiger partial charge in [0.05, 0.1) is 23.4 Å². The minimum absolute atomic E-state index is 0.256. The van der Waals surface area contributed by atoms with Crippen LogP contribution in [0.2, 0.25) is 0 Å². The number of carbonyl (C=O) groups excluding carboxylic acids is 2. The van der Waals surface area contributed by atoms with Crippen LogP contribution in [0.25, 0.3) is 32.2 Å². The van der Waals surface area contributed by atoms with Gasteiger partial charge >= 0.3 is 5.97 Å². The number of hydrogen-bond acceptors (Lipinski definition) is 5. The molecule has 0 aliphatic carbocycles. The van der Waals surface area contributed by atoms with Crippen LogP contribution in [0.4, 0.5) is 5.00 Å². The Hall–Kier alpha value is -4.03. The molecule has 1 amide bonds. The number of benzene rings is 3. The SMILES string of the molecule is CCOC(=O)c1c(NC(=O)c2cc(-c3ccccc3)nc3ccccc23)sc2ccccc12. The average Bonchev–Trinajstić information content (AvgIpc) is 3.21. The first kappa shape index (κ1) is 20.8. The summed E-state index contributed by atoms with van der Waals surface area (Å²) >= 11 is 1.36. The lowest BCUT2D eigenvalue weighted by molar-refractivity contribution is 0.0530. The van der Waals surface area contributed by atoms with Gasteiger partial charge in [0.1, 0.15) is 10.6 Å². The lowest BCUT2D eigenvalue weighted by atomic mass is 10.0. The van der Waals surface area contributed by atoms with Gasteiger partial charge in [0.15, 0.2) is 0 Å². The Morgan fingerprint density at radius 1 is 0.909 bits per heavy atom. The van der Waals surface area contributed by atoms with Gasteiger partial charge in [-0.3, -0.25) is 4.79 Å². The number of nitrogens with one attached hydrogen (secondary N) is 1. The minimum atomic E-state index is -0.449. The maximum Gasteiger partial charge on any atom is 0.341 e. The zero-order valence-corrected chi connectivity index (χ0v) is 18.7. The van der Waals surface area contributed by atoms with Crippen LogP contribution in [0.3, 0.4) is 0 Å². The molecule has 0 atom stereocenters. The number of fused-ring (bicyclic) bond motifs is 2. The highest BCUT2D eigenvalue weighted by Gasteiger charge is 2.23. The van der Waals surface area contributed by atoms with Crippen LogP contribution in [0.1, 0.15) is 27.6 Å². The van der Waals surface area contributed by atoms with Gasteiger partial charge in [0.25, 0.3) is 5.91 Å². The predicted molar refractivity (Wildman–Crippen MR) is 133 cm³/mol. The molecule has 5 rings (SSSR count). The maximum atomic E-state index is 13.5.